The van der Waals surface area contributed by atoms with Gasteiger partial charge in [0.1, 0.15) is 17.6 Å². The summed E-state index contributed by atoms with van der Waals surface area (Å²) < 4.78 is 1.70. The number of aryl methyl sites for hydroxylation is 4. The Morgan fingerprint density at radius 3 is 2.93 bits per heavy atom. The van der Waals surface area contributed by atoms with Gasteiger partial charge in [0.25, 0.3) is 5.91 Å². The van der Waals surface area contributed by atoms with Crippen molar-refractivity contribution in [3.8, 4) is 6.07 Å². The number of nitrogens with one attached hydrogen (secondary N) is 1. The molecule has 0 aromatic carbocycles. The maximum Gasteiger partial charge on any atom is 0.272 e. The number of hydrogen-bond donors (Lipinski definition) is 1. The van der Waals surface area contributed by atoms with Gasteiger partial charge in [-0.05, 0) is 56.7 Å². The Morgan fingerprint density at radius 1 is 1.33 bits per heavy atom. The number of nitriles is 1. The Labute approximate surface area is 159 Å². The molecule has 0 radical (unpaired) electrons. The number of fused-ring (bicyclic) bond motifs is 1. The van der Waals surface area contributed by atoms with Crippen LogP contribution in [0.4, 0.5) is 5.82 Å². The lowest BCUT2D eigenvalue weighted by atomic mass is 10.0. The minimum Gasteiger partial charge on any atom is -0.353 e. The molecule has 1 unspecified atom stereocenters. The first-order valence-electron chi connectivity index (χ1n) is 9.54. The van der Waals surface area contributed by atoms with Crippen molar-refractivity contribution >= 4 is 11.7 Å². The minimum atomic E-state index is -0.145. The third-order valence-electron chi connectivity index (χ3n) is 5.55. The number of anilines is 1. The van der Waals surface area contributed by atoms with Gasteiger partial charge in [-0.15, -0.1) is 0 Å². The van der Waals surface area contributed by atoms with Gasteiger partial charge in [-0.3, -0.25) is 9.48 Å². The van der Waals surface area contributed by atoms with E-state index in [4.69, 9.17) is 4.98 Å². The Balaban J connectivity index is 1.50. The average Bonchev–Trinajstić information content (AvgIpc) is 3.26. The number of aromatic nitrogens is 3. The first-order chi connectivity index (χ1) is 13.0. The van der Waals surface area contributed by atoms with Gasteiger partial charge in [-0.1, -0.05) is 0 Å². The smallest absolute Gasteiger partial charge is 0.272 e. The van der Waals surface area contributed by atoms with Gasteiger partial charge in [-0.25, -0.2) is 4.98 Å². The van der Waals surface area contributed by atoms with Crippen molar-refractivity contribution in [3.63, 3.8) is 0 Å². The van der Waals surface area contributed by atoms with Gasteiger partial charge in [0, 0.05) is 37.6 Å². The summed E-state index contributed by atoms with van der Waals surface area (Å²) in [7, 11) is 1.83. The van der Waals surface area contributed by atoms with Crippen molar-refractivity contribution in [2.75, 3.05) is 18.0 Å². The number of hydrogen-bond acceptors (Lipinski definition) is 5. The molecule has 7 nitrogen and oxygen atoms in total. The second kappa shape index (κ2) is 7.03. The van der Waals surface area contributed by atoms with E-state index >= 15 is 0 Å². The number of carbonyl (C=O) groups is 1. The lowest BCUT2D eigenvalue weighted by Gasteiger charge is -2.34. The van der Waals surface area contributed by atoms with Crippen molar-refractivity contribution < 1.29 is 4.79 Å². The molecule has 27 heavy (non-hydrogen) atoms. The van der Waals surface area contributed by atoms with Crippen LogP contribution in [-0.2, 0) is 19.9 Å². The van der Waals surface area contributed by atoms with E-state index in [1.165, 1.54) is 5.56 Å². The standard InChI is InChI=1S/C20H24N6O/c1-13-9-18(24-25(13)2)20(27)22-16-6-4-8-26(12-16)19-15(11-21)10-14-5-3-7-17(14)23-19/h9-10,16H,3-8,12H2,1-2H3,(H,22,27). The van der Waals surface area contributed by atoms with Crippen LogP contribution in [0.2, 0.25) is 0 Å². The van der Waals surface area contributed by atoms with Gasteiger partial charge in [-0.2, -0.15) is 10.4 Å². The lowest BCUT2D eigenvalue weighted by molar-refractivity contribution is 0.0927. The Morgan fingerprint density at radius 2 is 2.19 bits per heavy atom. The van der Waals surface area contributed by atoms with E-state index in [1.54, 1.807) is 10.7 Å². The van der Waals surface area contributed by atoms with Crippen LogP contribution in [0.3, 0.4) is 0 Å². The van der Waals surface area contributed by atoms with Crippen molar-refractivity contribution in [1.82, 2.24) is 20.1 Å². The molecule has 1 aliphatic heterocycles. The van der Waals surface area contributed by atoms with Crippen LogP contribution in [0.5, 0.6) is 0 Å². The molecule has 1 amide bonds. The van der Waals surface area contributed by atoms with Crippen molar-refractivity contribution in [2.45, 2.75) is 45.1 Å². The summed E-state index contributed by atoms with van der Waals surface area (Å²) in [6.07, 6.45) is 4.98. The first kappa shape index (κ1) is 17.5. The molecule has 1 fully saturated rings. The lowest BCUT2D eigenvalue weighted by Crippen LogP contribution is -2.48. The summed E-state index contributed by atoms with van der Waals surface area (Å²) in [5.74, 6) is 0.624. The maximum atomic E-state index is 12.5. The highest BCUT2D eigenvalue weighted by Crippen LogP contribution is 2.28. The van der Waals surface area contributed by atoms with Crippen molar-refractivity contribution in [2.24, 2.45) is 7.05 Å². The van der Waals surface area contributed by atoms with Gasteiger partial charge >= 0.3 is 0 Å². The number of rotatable bonds is 3. The Bertz CT molecular complexity index is 906. The van der Waals surface area contributed by atoms with Gasteiger partial charge < -0.3 is 10.2 Å². The third kappa shape index (κ3) is 3.39. The fourth-order valence-corrected chi connectivity index (χ4v) is 4.00. The average molecular weight is 364 g/mol. The van der Waals surface area contributed by atoms with Crippen molar-refractivity contribution in [3.05, 3.63) is 40.3 Å². The molecule has 1 aliphatic carbocycles. The molecule has 1 N–H and O–H groups in total. The highest BCUT2D eigenvalue weighted by atomic mass is 16.2. The summed E-state index contributed by atoms with van der Waals surface area (Å²) in [6.45, 7) is 3.45. The molecule has 1 saturated heterocycles. The van der Waals surface area contributed by atoms with E-state index < -0.39 is 0 Å². The number of piperidine rings is 1. The predicted molar refractivity (Wildman–Crippen MR) is 102 cm³/mol. The van der Waals surface area contributed by atoms with Gasteiger partial charge in [0.2, 0.25) is 0 Å². The summed E-state index contributed by atoms with van der Waals surface area (Å²) >= 11 is 0. The van der Waals surface area contributed by atoms with Crippen LogP contribution in [0, 0.1) is 18.3 Å². The molecule has 3 heterocycles. The quantitative estimate of drug-likeness (QED) is 0.899. The molecule has 1 atom stereocenters. The molecule has 2 aromatic heterocycles. The SMILES string of the molecule is Cc1cc(C(=O)NC2CCCN(c3nc4c(cc3C#N)CCC4)C2)nn1C. The molecule has 140 valence electrons. The third-order valence-corrected chi connectivity index (χ3v) is 5.55. The van der Waals surface area contributed by atoms with E-state index in [2.05, 4.69) is 21.4 Å². The van der Waals surface area contributed by atoms with Crippen LogP contribution in [-0.4, -0.2) is 39.8 Å². The zero-order valence-corrected chi connectivity index (χ0v) is 15.8. The predicted octanol–water partition coefficient (Wildman–Crippen LogP) is 1.88. The molecule has 2 aromatic rings. The van der Waals surface area contributed by atoms with E-state index in [0.29, 0.717) is 17.8 Å². The normalized spacial score (nSPS) is 18.9. The highest BCUT2D eigenvalue weighted by Gasteiger charge is 2.26. The largest absolute Gasteiger partial charge is 0.353 e. The Kier molecular flexibility index (Phi) is 4.56. The molecule has 0 bridgehead atoms. The second-order valence-electron chi connectivity index (χ2n) is 7.48. The topological polar surface area (TPSA) is 86.8 Å². The van der Waals surface area contributed by atoms with Crippen LogP contribution >= 0.6 is 0 Å². The molecule has 0 spiro atoms. The summed E-state index contributed by atoms with van der Waals surface area (Å²) in [6, 6.07) is 6.13. The van der Waals surface area contributed by atoms with E-state index in [-0.39, 0.29) is 11.9 Å². The summed E-state index contributed by atoms with van der Waals surface area (Å²) in [4.78, 5) is 19.5. The fraction of sp³-hybridized carbons (Fsp3) is 0.500. The van der Waals surface area contributed by atoms with Crippen molar-refractivity contribution in [1.29, 1.82) is 5.26 Å². The zero-order valence-electron chi connectivity index (χ0n) is 15.8. The minimum absolute atomic E-state index is 0.0233. The van der Waals surface area contributed by atoms with Crippen LogP contribution < -0.4 is 10.2 Å². The number of amides is 1. The van der Waals surface area contributed by atoms with Gasteiger partial charge in [0.05, 0.1) is 5.56 Å². The fourth-order valence-electron chi connectivity index (χ4n) is 4.00. The van der Waals surface area contributed by atoms with E-state index in [1.807, 2.05) is 20.0 Å². The van der Waals surface area contributed by atoms with E-state index in [9.17, 15) is 10.1 Å². The summed E-state index contributed by atoms with van der Waals surface area (Å²) in [5.41, 5.74) is 4.37. The Hall–Kier alpha value is -2.88. The molecule has 0 saturated carbocycles. The highest BCUT2D eigenvalue weighted by molar-refractivity contribution is 5.92. The molecule has 4 rings (SSSR count). The first-order valence-corrected chi connectivity index (χ1v) is 9.54. The van der Waals surface area contributed by atoms with E-state index in [0.717, 1.165) is 55.9 Å². The van der Waals surface area contributed by atoms with Crippen LogP contribution in [0.15, 0.2) is 12.1 Å². The maximum absolute atomic E-state index is 12.5. The van der Waals surface area contributed by atoms with Crippen LogP contribution in [0.25, 0.3) is 0 Å². The summed E-state index contributed by atoms with van der Waals surface area (Å²) in [5, 5.41) is 16.9. The number of pyridine rings is 1. The molecule has 7 heteroatoms. The number of nitrogens with zero attached hydrogens (tertiary/aromatic N) is 5. The second-order valence-corrected chi connectivity index (χ2v) is 7.48. The molecular formula is C20H24N6O. The van der Waals surface area contributed by atoms with Crippen LogP contribution in [0.1, 0.15) is 52.3 Å². The molecular weight excluding hydrogens is 340 g/mol. The van der Waals surface area contributed by atoms with Gasteiger partial charge in [0.15, 0.2) is 0 Å². The monoisotopic (exact) mass is 364 g/mol. The zero-order chi connectivity index (χ0) is 19.0. The number of carbonyl (C=O) groups excluding carboxylic acids is 1. The molecule has 2 aliphatic rings.